The molecule has 0 aliphatic heterocycles. The fraction of sp³-hybridized carbons (Fsp3) is 0.625. The second kappa shape index (κ2) is 5.31. The van der Waals surface area contributed by atoms with Crippen molar-refractivity contribution in [3.8, 4) is 5.75 Å². The van der Waals surface area contributed by atoms with Crippen LogP contribution in [-0.4, -0.2) is 13.2 Å². The Kier molecular flexibility index (Phi) is 3.96. The fourth-order valence-corrected chi connectivity index (χ4v) is 2.25. The van der Waals surface area contributed by atoms with Gasteiger partial charge in [-0.15, -0.1) is 0 Å². The van der Waals surface area contributed by atoms with E-state index in [1.165, 1.54) is 30.4 Å². The number of methoxy groups -OCH3 is 1. The van der Waals surface area contributed by atoms with Gasteiger partial charge >= 0.3 is 0 Å². The third-order valence-corrected chi connectivity index (χ3v) is 3.83. The summed E-state index contributed by atoms with van der Waals surface area (Å²) in [5.41, 5.74) is 2.84. The average molecular weight is 247 g/mol. The normalized spacial score (nSPS) is 16.4. The maximum absolute atomic E-state index is 5.46. The molecule has 100 valence electrons. The lowest BCUT2D eigenvalue weighted by atomic mass is 9.86. The van der Waals surface area contributed by atoms with Crippen LogP contribution in [0.4, 0.5) is 0 Å². The quantitative estimate of drug-likeness (QED) is 0.877. The molecule has 0 aromatic heterocycles. The van der Waals surface area contributed by atoms with E-state index in [2.05, 4.69) is 44.3 Å². The molecule has 0 saturated heterocycles. The first-order valence-corrected chi connectivity index (χ1v) is 6.91. The van der Waals surface area contributed by atoms with E-state index >= 15 is 0 Å². The molecule has 0 unspecified atom stereocenters. The summed E-state index contributed by atoms with van der Waals surface area (Å²) < 4.78 is 5.46. The molecule has 1 aromatic carbocycles. The van der Waals surface area contributed by atoms with E-state index < -0.39 is 0 Å². The monoisotopic (exact) mass is 247 g/mol. The molecule has 18 heavy (non-hydrogen) atoms. The Morgan fingerprint density at radius 1 is 1.28 bits per heavy atom. The van der Waals surface area contributed by atoms with Crippen LogP contribution in [0.2, 0.25) is 0 Å². The van der Waals surface area contributed by atoms with Crippen LogP contribution < -0.4 is 10.1 Å². The van der Waals surface area contributed by atoms with E-state index in [4.69, 9.17) is 4.74 Å². The molecule has 1 fully saturated rings. The molecule has 1 saturated carbocycles. The molecule has 1 N–H and O–H groups in total. The lowest BCUT2D eigenvalue weighted by Gasteiger charge is -2.27. The van der Waals surface area contributed by atoms with E-state index in [9.17, 15) is 0 Å². The molecule has 0 heterocycles. The van der Waals surface area contributed by atoms with Gasteiger partial charge in [-0.05, 0) is 29.9 Å². The smallest absolute Gasteiger partial charge is 0.123 e. The van der Waals surface area contributed by atoms with Gasteiger partial charge in [0.2, 0.25) is 0 Å². The van der Waals surface area contributed by atoms with Crippen LogP contribution in [0.15, 0.2) is 18.2 Å². The van der Waals surface area contributed by atoms with Crippen LogP contribution in [0.25, 0.3) is 0 Å². The van der Waals surface area contributed by atoms with E-state index in [1.807, 2.05) is 0 Å². The highest BCUT2D eigenvalue weighted by molar-refractivity contribution is 5.39. The van der Waals surface area contributed by atoms with Crippen molar-refractivity contribution in [1.82, 2.24) is 5.32 Å². The van der Waals surface area contributed by atoms with Crippen molar-refractivity contribution in [3.05, 3.63) is 29.3 Å². The molecule has 1 aromatic rings. The van der Waals surface area contributed by atoms with E-state index in [-0.39, 0.29) is 5.41 Å². The Morgan fingerprint density at radius 3 is 2.50 bits per heavy atom. The second-order valence-corrected chi connectivity index (χ2v) is 6.29. The van der Waals surface area contributed by atoms with Crippen molar-refractivity contribution in [2.45, 2.75) is 58.0 Å². The first-order valence-electron chi connectivity index (χ1n) is 6.91. The number of hydrogen-bond donors (Lipinski definition) is 1. The Bertz CT molecular complexity index is 402. The third kappa shape index (κ3) is 3.05. The largest absolute Gasteiger partial charge is 0.496 e. The molecule has 0 atom stereocenters. The summed E-state index contributed by atoms with van der Waals surface area (Å²) in [4.78, 5) is 0. The molecule has 0 amide bonds. The minimum Gasteiger partial charge on any atom is -0.496 e. The van der Waals surface area contributed by atoms with Crippen LogP contribution >= 0.6 is 0 Å². The summed E-state index contributed by atoms with van der Waals surface area (Å²) in [6, 6.07) is 7.27. The number of hydrogen-bond acceptors (Lipinski definition) is 2. The predicted molar refractivity (Wildman–Crippen MR) is 76.2 cm³/mol. The minimum atomic E-state index is 0.192. The summed E-state index contributed by atoms with van der Waals surface area (Å²) in [7, 11) is 1.75. The van der Waals surface area contributed by atoms with Crippen molar-refractivity contribution in [3.63, 3.8) is 0 Å². The highest BCUT2D eigenvalue weighted by Gasteiger charge is 2.19. The molecular weight excluding hydrogens is 222 g/mol. The van der Waals surface area contributed by atoms with E-state index in [1.54, 1.807) is 7.11 Å². The Balaban J connectivity index is 2.13. The van der Waals surface area contributed by atoms with Gasteiger partial charge in [0.25, 0.3) is 0 Å². The van der Waals surface area contributed by atoms with Gasteiger partial charge in [0, 0.05) is 18.2 Å². The highest BCUT2D eigenvalue weighted by Crippen LogP contribution is 2.28. The molecule has 2 rings (SSSR count). The summed E-state index contributed by atoms with van der Waals surface area (Å²) in [6.45, 7) is 7.66. The second-order valence-electron chi connectivity index (χ2n) is 6.29. The molecule has 2 nitrogen and oxygen atoms in total. The Morgan fingerprint density at radius 2 is 2.00 bits per heavy atom. The maximum atomic E-state index is 5.46. The number of ether oxygens (including phenoxy) is 1. The molecule has 2 heteroatoms. The van der Waals surface area contributed by atoms with Gasteiger partial charge in [-0.3, -0.25) is 0 Å². The first-order chi connectivity index (χ1) is 8.50. The zero-order valence-corrected chi connectivity index (χ0v) is 12.0. The molecule has 1 aliphatic rings. The van der Waals surface area contributed by atoms with Gasteiger partial charge in [0.1, 0.15) is 5.75 Å². The van der Waals surface area contributed by atoms with Crippen molar-refractivity contribution in [2.24, 2.45) is 0 Å². The lowest BCUT2D eigenvalue weighted by molar-refractivity contribution is 0.334. The van der Waals surface area contributed by atoms with Gasteiger partial charge in [0.05, 0.1) is 7.11 Å². The molecule has 1 aliphatic carbocycles. The predicted octanol–water partition coefficient (Wildman–Crippen LogP) is 3.63. The number of benzene rings is 1. The standard InChI is InChI=1S/C16H25NO/c1-16(2,3)13-8-9-15(18-4)12(10-13)11-17-14-6-5-7-14/h8-10,14,17H,5-7,11H2,1-4H3. The van der Waals surface area contributed by atoms with Crippen LogP contribution in [0.5, 0.6) is 5.75 Å². The highest BCUT2D eigenvalue weighted by atomic mass is 16.5. The maximum Gasteiger partial charge on any atom is 0.123 e. The van der Waals surface area contributed by atoms with Crippen LogP contribution in [0, 0.1) is 0 Å². The molecule has 0 bridgehead atoms. The topological polar surface area (TPSA) is 21.3 Å². The molecular formula is C16H25NO. The summed E-state index contributed by atoms with van der Waals surface area (Å²) in [6.07, 6.45) is 4.01. The van der Waals surface area contributed by atoms with Gasteiger partial charge in [-0.25, -0.2) is 0 Å². The summed E-state index contributed by atoms with van der Waals surface area (Å²) >= 11 is 0. The third-order valence-electron chi connectivity index (χ3n) is 3.83. The molecule has 0 spiro atoms. The minimum absolute atomic E-state index is 0.192. The zero-order chi connectivity index (χ0) is 13.2. The van der Waals surface area contributed by atoms with Crippen LogP contribution in [-0.2, 0) is 12.0 Å². The zero-order valence-electron chi connectivity index (χ0n) is 12.0. The Labute approximate surface area is 111 Å². The van der Waals surface area contributed by atoms with Crippen molar-refractivity contribution in [2.75, 3.05) is 7.11 Å². The first kappa shape index (κ1) is 13.4. The molecule has 0 radical (unpaired) electrons. The lowest BCUT2D eigenvalue weighted by Crippen LogP contribution is -2.34. The summed E-state index contributed by atoms with van der Waals surface area (Å²) in [5, 5.41) is 3.61. The fourth-order valence-electron chi connectivity index (χ4n) is 2.25. The van der Waals surface area contributed by atoms with Crippen LogP contribution in [0.3, 0.4) is 0 Å². The van der Waals surface area contributed by atoms with E-state index in [0.717, 1.165) is 12.3 Å². The van der Waals surface area contributed by atoms with Gasteiger partial charge < -0.3 is 10.1 Å². The summed E-state index contributed by atoms with van der Waals surface area (Å²) in [5.74, 6) is 0.995. The number of rotatable bonds is 4. The van der Waals surface area contributed by atoms with Gasteiger partial charge in [-0.1, -0.05) is 39.3 Å². The van der Waals surface area contributed by atoms with Crippen molar-refractivity contribution >= 4 is 0 Å². The van der Waals surface area contributed by atoms with Gasteiger partial charge in [-0.2, -0.15) is 0 Å². The van der Waals surface area contributed by atoms with Crippen molar-refractivity contribution < 1.29 is 4.74 Å². The van der Waals surface area contributed by atoms with Crippen LogP contribution in [0.1, 0.15) is 51.2 Å². The Hall–Kier alpha value is -1.02. The SMILES string of the molecule is COc1ccc(C(C)(C)C)cc1CNC1CCC1. The number of nitrogens with one attached hydrogen (secondary N) is 1. The van der Waals surface area contributed by atoms with E-state index in [0.29, 0.717) is 6.04 Å². The van der Waals surface area contributed by atoms with Crippen molar-refractivity contribution in [1.29, 1.82) is 0 Å². The average Bonchev–Trinajstić information content (AvgIpc) is 2.25. The van der Waals surface area contributed by atoms with Gasteiger partial charge in [0.15, 0.2) is 0 Å².